The van der Waals surface area contributed by atoms with Crippen molar-refractivity contribution in [3.8, 4) is 0 Å². The molecule has 0 atom stereocenters. The summed E-state index contributed by atoms with van der Waals surface area (Å²) in [7, 11) is -4.42. The van der Waals surface area contributed by atoms with E-state index in [-0.39, 0.29) is 18.2 Å². The van der Waals surface area contributed by atoms with Crippen LogP contribution in [0.5, 0.6) is 0 Å². The maximum atomic E-state index is 10.5. The molecule has 0 radical (unpaired) electrons. The molecule has 0 spiro atoms. The predicted molar refractivity (Wildman–Crippen MR) is 37.1 cm³/mol. The smallest absolute Gasteiger partial charge is 0.310 e. The van der Waals surface area contributed by atoms with Gasteiger partial charge in [0, 0.05) is 5.00 Å². The van der Waals surface area contributed by atoms with Gasteiger partial charge in [0.05, 0.1) is 13.2 Å². The molecule has 6 nitrogen and oxygen atoms in total. The molecule has 7 heteroatoms. The van der Waals surface area contributed by atoms with Gasteiger partial charge in [-0.2, -0.15) is 0 Å². The summed E-state index contributed by atoms with van der Waals surface area (Å²) in [5.74, 6) is 0. The number of rotatable bonds is 5. The zero-order valence-electron chi connectivity index (χ0n) is 6.43. The average molecular weight is 185 g/mol. The van der Waals surface area contributed by atoms with Crippen molar-refractivity contribution >= 4 is 7.75 Å². The summed E-state index contributed by atoms with van der Waals surface area (Å²) in [5, 5.41) is 0. The first-order chi connectivity index (χ1) is 5.02. The van der Waals surface area contributed by atoms with Crippen LogP contribution in [0.4, 0.5) is 0 Å². The maximum absolute atomic E-state index is 10.5. The highest BCUT2D eigenvalue weighted by atomic mass is 31.2. The molecular weight excluding hydrogens is 173 g/mol. The molecule has 0 saturated carbocycles. The molecule has 0 rings (SSSR count). The van der Waals surface area contributed by atoms with Crippen molar-refractivity contribution in [2.45, 2.75) is 13.8 Å². The summed E-state index contributed by atoms with van der Waals surface area (Å²) in [6.07, 6.45) is 0. The lowest BCUT2D eigenvalue weighted by Crippen LogP contribution is -2.21. The van der Waals surface area contributed by atoms with E-state index in [1.807, 2.05) is 0 Å². The van der Waals surface area contributed by atoms with Crippen LogP contribution in [0.25, 0.3) is 0 Å². The molecule has 68 valence electrons. The van der Waals surface area contributed by atoms with Crippen molar-refractivity contribution in [2.24, 2.45) is 0 Å². The van der Waals surface area contributed by atoms with Gasteiger partial charge >= 0.3 is 7.75 Å². The third kappa shape index (κ3) is 4.47. The Hall–Kier alpha value is 0.0300. The van der Waals surface area contributed by atoms with Crippen LogP contribution in [0.2, 0.25) is 0 Å². The molecule has 0 unspecified atom stereocenters. The van der Waals surface area contributed by atoms with Gasteiger partial charge in [-0.1, -0.05) is 0 Å². The van der Waals surface area contributed by atoms with E-state index in [0.717, 1.165) is 0 Å². The van der Waals surface area contributed by atoms with Crippen LogP contribution in [0.1, 0.15) is 13.8 Å². The van der Waals surface area contributed by atoms with E-state index in [2.05, 4.69) is 9.68 Å². The Morgan fingerprint density at radius 1 is 1.27 bits per heavy atom. The fourth-order valence-corrected chi connectivity index (χ4v) is 0.940. The second-order valence-electron chi connectivity index (χ2n) is 1.59. The van der Waals surface area contributed by atoms with Crippen LogP contribution in [0.15, 0.2) is 0 Å². The van der Waals surface area contributed by atoms with Crippen LogP contribution in [0.3, 0.4) is 0 Å². The fraction of sp³-hybridized carbons (Fsp3) is 1.00. The van der Waals surface area contributed by atoms with Crippen molar-refractivity contribution in [3.63, 3.8) is 0 Å². The summed E-state index contributed by atoms with van der Waals surface area (Å²) >= 11 is 0. The summed E-state index contributed by atoms with van der Waals surface area (Å²) < 4.78 is 10.5. The Balaban J connectivity index is 3.99. The number of nitrogens with zero attached hydrogens (tertiary/aromatic N) is 1. The minimum Gasteiger partial charge on any atom is -0.310 e. The van der Waals surface area contributed by atoms with Gasteiger partial charge in [-0.3, -0.25) is 9.68 Å². The predicted octanol–water partition coefficient (Wildman–Crippen LogP) is 0.284. The minimum absolute atomic E-state index is 0.144. The van der Waals surface area contributed by atoms with Gasteiger partial charge in [0.15, 0.2) is 0 Å². The normalized spacial score (nSPS) is 12.5. The van der Waals surface area contributed by atoms with Crippen LogP contribution in [-0.4, -0.2) is 28.0 Å². The number of hydrogen-bond donors (Lipinski definition) is 2. The van der Waals surface area contributed by atoms with Crippen LogP contribution < -0.4 is 0 Å². The molecule has 0 amide bonds. The second kappa shape index (κ2) is 4.82. The molecule has 0 aliphatic heterocycles. The first-order valence-corrected chi connectivity index (χ1v) is 4.70. The maximum Gasteiger partial charge on any atom is 0.450 e. The fourth-order valence-electron chi connectivity index (χ4n) is 0.409. The molecule has 0 aliphatic rings. The molecule has 0 aliphatic carbocycles. The van der Waals surface area contributed by atoms with Crippen molar-refractivity contribution in [1.82, 2.24) is 5.00 Å². The third-order valence-electron chi connectivity index (χ3n) is 0.692. The first-order valence-electron chi connectivity index (χ1n) is 3.14. The Morgan fingerprint density at radius 3 is 1.82 bits per heavy atom. The molecule has 0 aromatic heterocycles. The molecule has 0 aromatic rings. The summed E-state index contributed by atoms with van der Waals surface area (Å²) in [5.41, 5.74) is 0. The Labute approximate surface area is 64.8 Å². The van der Waals surface area contributed by atoms with Crippen molar-refractivity contribution < 1.29 is 24.0 Å². The summed E-state index contributed by atoms with van der Waals surface area (Å²) in [4.78, 5) is 26.3. The highest BCUT2D eigenvalue weighted by Crippen LogP contribution is 2.40. The topological polar surface area (TPSA) is 79.2 Å². The van der Waals surface area contributed by atoms with Crippen molar-refractivity contribution in [3.05, 3.63) is 0 Å². The molecule has 2 N–H and O–H groups in total. The quantitative estimate of drug-likeness (QED) is 0.473. The second-order valence-corrected chi connectivity index (χ2v) is 2.94. The van der Waals surface area contributed by atoms with E-state index in [0.29, 0.717) is 0 Å². The van der Waals surface area contributed by atoms with Gasteiger partial charge in [0.25, 0.3) is 0 Å². The van der Waals surface area contributed by atoms with E-state index >= 15 is 0 Å². The lowest BCUT2D eigenvalue weighted by Gasteiger charge is -2.18. The van der Waals surface area contributed by atoms with Gasteiger partial charge in [-0.15, -0.1) is 0 Å². The third-order valence-corrected chi connectivity index (χ3v) is 1.35. The van der Waals surface area contributed by atoms with E-state index in [9.17, 15) is 4.57 Å². The standard InChI is InChI=1S/C4H12NO5P/c1-3-9-5(10-4-2)11(6,7)8/h3-4H2,1-2H3,(H2,6,7,8). The molecular formula is C4H12NO5P. The lowest BCUT2D eigenvalue weighted by molar-refractivity contribution is -0.310. The monoisotopic (exact) mass is 185 g/mol. The first kappa shape index (κ1) is 11.0. The van der Waals surface area contributed by atoms with E-state index in [4.69, 9.17) is 9.79 Å². The molecule has 11 heavy (non-hydrogen) atoms. The SMILES string of the molecule is CCON(OCC)P(=O)(O)O. The van der Waals surface area contributed by atoms with Gasteiger partial charge in [-0.05, 0) is 13.8 Å². The summed E-state index contributed by atoms with van der Waals surface area (Å²) in [6.45, 7) is 3.49. The minimum atomic E-state index is -4.42. The molecule has 0 heterocycles. The highest BCUT2D eigenvalue weighted by molar-refractivity contribution is 7.48. The van der Waals surface area contributed by atoms with E-state index in [1.165, 1.54) is 0 Å². The van der Waals surface area contributed by atoms with Crippen LogP contribution in [-0.2, 0) is 14.2 Å². The largest absolute Gasteiger partial charge is 0.450 e. The van der Waals surface area contributed by atoms with Crippen molar-refractivity contribution in [1.29, 1.82) is 0 Å². The van der Waals surface area contributed by atoms with Gasteiger partial charge in [-0.25, -0.2) is 4.57 Å². The zero-order valence-corrected chi connectivity index (χ0v) is 7.32. The molecule has 0 bridgehead atoms. The van der Waals surface area contributed by atoms with Crippen LogP contribution in [0, 0.1) is 0 Å². The van der Waals surface area contributed by atoms with E-state index < -0.39 is 7.75 Å². The Kier molecular flexibility index (Phi) is 4.83. The van der Waals surface area contributed by atoms with Gasteiger partial charge in [0.2, 0.25) is 0 Å². The van der Waals surface area contributed by atoms with Crippen molar-refractivity contribution in [2.75, 3.05) is 13.2 Å². The molecule has 0 saturated heterocycles. The number of hydrogen-bond acceptors (Lipinski definition) is 3. The summed E-state index contributed by atoms with van der Waals surface area (Å²) in [6, 6.07) is 0. The van der Waals surface area contributed by atoms with Crippen LogP contribution >= 0.6 is 7.75 Å². The zero-order chi connectivity index (χ0) is 8.91. The lowest BCUT2D eigenvalue weighted by atomic mass is 10.9. The van der Waals surface area contributed by atoms with Gasteiger partial charge < -0.3 is 9.79 Å². The molecule has 0 aromatic carbocycles. The Morgan fingerprint density at radius 2 is 1.64 bits per heavy atom. The Bertz CT molecular complexity index is 139. The average Bonchev–Trinajstić information content (AvgIpc) is 1.85. The van der Waals surface area contributed by atoms with E-state index in [1.54, 1.807) is 13.8 Å². The molecule has 0 fully saturated rings. The van der Waals surface area contributed by atoms with Gasteiger partial charge in [0.1, 0.15) is 0 Å². The highest BCUT2D eigenvalue weighted by Gasteiger charge is 2.27.